The van der Waals surface area contributed by atoms with Gasteiger partial charge < -0.3 is 42.7 Å². The summed E-state index contributed by atoms with van der Waals surface area (Å²) in [4.78, 5) is 70.4. The number of carboxylic acids is 2. The molecule has 0 aromatic heterocycles. The molecule has 10 N–H and O–H groups in total. The van der Waals surface area contributed by atoms with Gasteiger partial charge in [-0.2, -0.15) is 0 Å². The van der Waals surface area contributed by atoms with Gasteiger partial charge in [-0.05, 0) is 12.3 Å². The summed E-state index contributed by atoms with van der Waals surface area (Å²) in [6.45, 7) is 2.44. The first-order valence-corrected chi connectivity index (χ1v) is 9.84. The molecule has 0 bridgehead atoms. The number of primary amides is 1. The fourth-order valence-electron chi connectivity index (χ4n) is 2.52. The summed E-state index contributed by atoms with van der Waals surface area (Å²) in [6, 6.07) is -5.67. The van der Waals surface area contributed by atoms with Crippen LogP contribution in [0.15, 0.2) is 0 Å². The van der Waals surface area contributed by atoms with E-state index in [0.717, 1.165) is 0 Å². The summed E-state index contributed by atoms with van der Waals surface area (Å²) < 4.78 is 0. The first-order valence-electron chi connectivity index (χ1n) is 9.84. The van der Waals surface area contributed by atoms with Crippen LogP contribution in [0, 0.1) is 5.92 Å². The highest BCUT2D eigenvalue weighted by Gasteiger charge is 2.32. The van der Waals surface area contributed by atoms with Crippen molar-refractivity contribution in [1.82, 2.24) is 16.0 Å². The molecule has 0 spiro atoms. The van der Waals surface area contributed by atoms with Crippen LogP contribution in [0.4, 0.5) is 0 Å². The zero-order chi connectivity index (χ0) is 25.0. The SMILES string of the molecule is CCC(C)C(NC(=O)C(N)CC(=O)O)C(=O)NC(CCC(N)=O)C(=O)NC(CO)C(=O)O. The van der Waals surface area contributed by atoms with Crippen LogP contribution < -0.4 is 27.4 Å². The van der Waals surface area contributed by atoms with Crippen LogP contribution in [-0.2, 0) is 28.8 Å². The van der Waals surface area contributed by atoms with Gasteiger partial charge in [-0.15, -0.1) is 0 Å². The van der Waals surface area contributed by atoms with E-state index in [2.05, 4.69) is 10.6 Å². The van der Waals surface area contributed by atoms with Crippen molar-refractivity contribution in [3.63, 3.8) is 0 Å². The average molecular weight is 461 g/mol. The van der Waals surface area contributed by atoms with Crippen LogP contribution in [0.5, 0.6) is 0 Å². The number of rotatable bonds is 15. The summed E-state index contributed by atoms with van der Waals surface area (Å²) in [7, 11) is 0. The highest BCUT2D eigenvalue weighted by Crippen LogP contribution is 2.10. The van der Waals surface area contributed by atoms with E-state index in [-0.39, 0.29) is 12.8 Å². The fourth-order valence-corrected chi connectivity index (χ4v) is 2.52. The molecule has 0 saturated carbocycles. The minimum atomic E-state index is -1.64. The molecule has 0 aromatic rings. The van der Waals surface area contributed by atoms with E-state index in [1.54, 1.807) is 13.8 Å². The highest BCUT2D eigenvalue weighted by atomic mass is 16.4. The van der Waals surface area contributed by atoms with Gasteiger partial charge in [0.25, 0.3) is 0 Å². The van der Waals surface area contributed by atoms with Gasteiger partial charge in [-0.1, -0.05) is 20.3 Å². The van der Waals surface area contributed by atoms with Gasteiger partial charge >= 0.3 is 11.9 Å². The zero-order valence-electron chi connectivity index (χ0n) is 17.9. The van der Waals surface area contributed by atoms with Crippen molar-refractivity contribution in [1.29, 1.82) is 0 Å². The van der Waals surface area contributed by atoms with Crippen LogP contribution in [-0.4, -0.2) is 81.7 Å². The number of nitrogens with one attached hydrogen (secondary N) is 3. The lowest BCUT2D eigenvalue weighted by Gasteiger charge is -2.27. The van der Waals surface area contributed by atoms with E-state index in [1.807, 2.05) is 5.32 Å². The molecular formula is C18H31N5O9. The normalized spacial score (nSPS) is 15.4. The second-order valence-electron chi connectivity index (χ2n) is 7.22. The molecule has 0 saturated heterocycles. The Kier molecular flexibility index (Phi) is 12.5. The number of carbonyl (C=O) groups excluding carboxylic acids is 4. The Morgan fingerprint density at radius 2 is 1.47 bits per heavy atom. The Morgan fingerprint density at radius 3 is 1.91 bits per heavy atom. The number of hydrogen-bond acceptors (Lipinski definition) is 8. The van der Waals surface area contributed by atoms with E-state index >= 15 is 0 Å². The van der Waals surface area contributed by atoms with Crippen LogP contribution >= 0.6 is 0 Å². The number of aliphatic hydroxyl groups excluding tert-OH is 1. The largest absolute Gasteiger partial charge is 0.481 e. The summed E-state index contributed by atoms with van der Waals surface area (Å²) in [6.07, 6.45) is -0.845. The number of nitrogens with two attached hydrogens (primary N) is 2. The number of hydrogen-bond donors (Lipinski definition) is 8. The van der Waals surface area contributed by atoms with Crippen molar-refractivity contribution in [3.8, 4) is 0 Å². The Hall–Kier alpha value is -3.26. The summed E-state index contributed by atoms with van der Waals surface area (Å²) in [5.74, 6) is -6.78. The summed E-state index contributed by atoms with van der Waals surface area (Å²) in [5, 5.41) is 33.5. The van der Waals surface area contributed by atoms with Gasteiger partial charge in [0.15, 0.2) is 0 Å². The van der Waals surface area contributed by atoms with Crippen molar-refractivity contribution in [3.05, 3.63) is 0 Å². The van der Waals surface area contributed by atoms with Gasteiger partial charge in [0.2, 0.25) is 23.6 Å². The Morgan fingerprint density at radius 1 is 0.906 bits per heavy atom. The minimum absolute atomic E-state index is 0.273. The third-order valence-electron chi connectivity index (χ3n) is 4.63. The van der Waals surface area contributed by atoms with Gasteiger partial charge in [-0.25, -0.2) is 4.79 Å². The Bertz CT molecular complexity index is 715. The maximum atomic E-state index is 12.8. The minimum Gasteiger partial charge on any atom is -0.481 e. The van der Waals surface area contributed by atoms with E-state index in [1.165, 1.54) is 0 Å². The van der Waals surface area contributed by atoms with Crippen molar-refractivity contribution < 1.29 is 44.1 Å². The second-order valence-corrected chi connectivity index (χ2v) is 7.22. The molecule has 0 heterocycles. The average Bonchev–Trinajstić information content (AvgIpc) is 2.70. The topological polar surface area (TPSA) is 251 Å². The quantitative estimate of drug-likeness (QED) is 0.120. The molecule has 4 amide bonds. The van der Waals surface area contributed by atoms with Gasteiger partial charge in [0.05, 0.1) is 19.1 Å². The molecule has 32 heavy (non-hydrogen) atoms. The number of aliphatic carboxylic acids is 2. The van der Waals surface area contributed by atoms with Crippen molar-refractivity contribution >= 4 is 35.6 Å². The summed E-state index contributed by atoms with van der Waals surface area (Å²) in [5.41, 5.74) is 10.6. The molecule has 14 heteroatoms. The van der Waals surface area contributed by atoms with E-state index < -0.39 is 78.7 Å². The first kappa shape index (κ1) is 28.7. The summed E-state index contributed by atoms with van der Waals surface area (Å²) >= 11 is 0. The van der Waals surface area contributed by atoms with Crippen molar-refractivity contribution in [2.75, 3.05) is 6.61 Å². The number of aliphatic hydroxyl groups is 1. The van der Waals surface area contributed by atoms with E-state index in [0.29, 0.717) is 6.42 Å². The van der Waals surface area contributed by atoms with Gasteiger partial charge in [-0.3, -0.25) is 24.0 Å². The lowest BCUT2D eigenvalue weighted by atomic mass is 9.97. The molecule has 14 nitrogen and oxygen atoms in total. The molecule has 0 fully saturated rings. The van der Waals surface area contributed by atoms with E-state index in [4.69, 9.17) is 26.8 Å². The maximum Gasteiger partial charge on any atom is 0.328 e. The van der Waals surface area contributed by atoms with E-state index in [9.17, 15) is 28.8 Å². The monoisotopic (exact) mass is 461 g/mol. The molecule has 0 aliphatic heterocycles. The molecule has 5 unspecified atom stereocenters. The Balaban J connectivity index is 5.54. The third-order valence-corrected chi connectivity index (χ3v) is 4.63. The van der Waals surface area contributed by atoms with Crippen LogP contribution in [0.1, 0.15) is 39.5 Å². The molecule has 182 valence electrons. The van der Waals surface area contributed by atoms with Crippen LogP contribution in [0.2, 0.25) is 0 Å². The molecule has 0 aliphatic carbocycles. The van der Waals surface area contributed by atoms with Gasteiger partial charge in [0.1, 0.15) is 18.1 Å². The number of carboxylic acid groups (broad SMARTS) is 2. The van der Waals surface area contributed by atoms with Crippen LogP contribution in [0.3, 0.4) is 0 Å². The highest BCUT2D eigenvalue weighted by molar-refractivity contribution is 5.95. The van der Waals surface area contributed by atoms with Gasteiger partial charge in [0, 0.05) is 6.42 Å². The maximum absolute atomic E-state index is 12.8. The first-order chi connectivity index (χ1) is 14.8. The predicted molar refractivity (Wildman–Crippen MR) is 109 cm³/mol. The number of carbonyl (C=O) groups is 6. The van der Waals surface area contributed by atoms with Crippen LogP contribution in [0.25, 0.3) is 0 Å². The lowest BCUT2D eigenvalue weighted by molar-refractivity contribution is -0.143. The van der Waals surface area contributed by atoms with Crippen molar-refractivity contribution in [2.24, 2.45) is 17.4 Å². The lowest BCUT2D eigenvalue weighted by Crippen LogP contribution is -2.59. The predicted octanol–water partition coefficient (Wildman–Crippen LogP) is -3.37. The molecular weight excluding hydrogens is 430 g/mol. The second kappa shape index (κ2) is 13.9. The third kappa shape index (κ3) is 10.2. The molecule has 0 rings (SSSR count). The van der Waals surface area contributed by atoms with Crippen molar-refractivity contribution in [2.45, 2.75) is 63.7 Å². The standard InChI is InChI=1S/C18H31N5O9/c1-3-8(2)14(23-15(28)9(19)6-13(26)27)17(30)21-10(4-5-12(20)25)16(29)22-11(7-24)18(31)32/h8-11,14,24H,3-7,19H2,1-2H3,(H2,20,25)(H,21,30)(H,22,29)(H,23,28)(H,26,27)(H,31,32). The molecule has 0 aromatic carbocycles. The molecule has 0 aliphatic rings. The zero-order valence-corrected chi connectivity index (χ0v) is 17.9. The fraction of sp³-hybridized carbons (Fsp3) is 0.667. The molecule has 5 atom stereocenters. The molecule has 0 radical (unpaired) electrons. The Labute approximate surface area is 184 Å². The number of amides is 4. The smallest absolute Gasteiger partial charge is 0.328 e.